The van der Waals surface area contributed by atoms with Gasteiger partial charge in [-0.05, 0) is 55.0 Å². The average molecular weight is 483 g/mol. The average Bonchev–Trinajstić information content (AvgIpc) is 3.21. The molecule has 0 N–H and O–H groups in total. The topological polar surface area (TPSA) is 57.7 Å². The molecule has 2 aromatic rings. The summed E-state index contributed by atoms with van der Waals surface area (Å²) in [5.41, 5.74) is 2.51. The van der Waals surface area contributed by atoms with Crippen LogP contribution in [0.1, 0.15) is 33.3 Å². The number of carbonyl (C=O) groups is 3. The first kappa shape index (κ1) is 22.2. The van der Waals surface area contributed by atoms with Crippen molar-refractivity contribution in [1.82, 2.24) is 0 Å². The number of imide groups is 1. The number of fused-ring (bicyclic) bond motifs is 5. The van der Waals surface area contributed by atoms with Crippen LogP contribution in [0.4, 0.5) is 11.4 Å². The predicted octanol–water partition coefficient (Wildman–Crippen LogP) is 5.39. The number of rotatable bonds is 2. The minimum absolute atomic E-state index is 0.0621. The summed E-state index contributed by atoms with van der Waals surface area (Å²) in [6.07, 6.45) is 2.00. The number of benzene rings is 2. The van der Waals surface area contributed by atoms with Crippen molar-refractivity contribution in [3.05, 3.63) is 64.1 Å². The first-order valence-corrected chi connectivity index (χ1v) is 11.7. The lowest BCUT2D eigenvalue weighted by molar-refractivity contribution is -0.132. The number of halogens is 2. The van der Waals surface area contributed by atoms with Gasteiger partial charge in [0.2, 0.25) is 11.8 Å². The van der Waals surface area contributed by atoms with Gasteiger partial charge >= 0.3 is 0 Å². The lowest BCUT2D eigenvalue weighted by Crippen LogP contribution is -2.51. The number of hydrogen-bond donors (Lipinski definition) is 0. The molecule has 170 valence electrons. The molecule has 0 aromatic heterocycles. The molecule has 0 unspecified atom stereocenters. The van der Waals surface area contributed by atoms with Crippen LogP contribution in [0, 0.1) is 17.3 Å². The number of nitrogens with zero attached hydrogens (tertiary/aromatic N) is 2. The molecule has 3 aliphatic heterocycles. The molecule has 0 radical (unpaired) electrons. The normalized spacial score (nSPS) is 26.2. The van der Waals surface area contributed by atoms with Gasteiger partial charge in [-0.15, -0.1) is 0 Å². The second kappa shape index (κ2) is 7.44. The van der Waals surface area contributed by atoms with E-state index in [1.54, 1.807) is 30.3 Å². The molecule has 0 bridgehead atoms. The fourth-order valence-corrected chi connectivity index (χ4v) is 5.70. The molecule has 0 saturated carbocycles. The van der Waals surface area contributed by atoms with Crippen LogP contribution >= 0.6 is 23.2 Å². The highest BCUT2D eigenvalue weighted by atomic mass is 35.5. The number of anilines is 2. The van der Waals surface area contributed by atoms with Gasteiger partial charge in [-0.2, -0.15) is 0 Å². The summed E-state index contributed by atoms with van der Waals surface area (Å²) in [4.78, 5) is 44.5. The van der Waals surface area contributed by atoms with E-state index >= 15 is 0 Å². The molecule has 2 fully saturated rings. The molecule has 2 saturated heterocycles. The van der Waals surface area contributed by atoms with Crippen molar-refractivity contribution >= 4 is 57.7 Å². The van der Waals surface area contributed by atoms with Gasteiger partial charge in [0.25, 0.3) is 0 Å². The van der Waals surface area contributed by atoms with E-state index in [2.05, 4.69) is 0 Å². The Kier molecular flexibility index (Phi) is 5.00. The van der Waals surface area contributed by atoms with E-state index < -0.39 is 29.3 Å². The number of amides is 2. The summed E-state index contributed by atoms with van der Waals surface area (Å²) in [5.74, 6) is -2.11. The Labute approximate surface area is 203 Å². The smallest absolute Gasteiger partial charge is 0.240 e. The van der Waals surface area contributed by atoms with Crippen molar-refractivity contribution in [2.24, 2.45) is 17.3 Å². The lowest BCUT2D eigenvalue weighted by Gasteiger charge is -2.39. The van der Waals surface area contributed by atoms with Crippen LogP contribution < -0.4 is 9.80 Å². The van der Waals surface area contributed by atoms with Crippen molar-refractivity contribution < 1.29 is 14.4 Å². The standard InChI is InChI=1S/C26H24Cl2N2O3/c1-13-11-19-20-21(25(33)29(24(20)32)16-8-5-14(27)6-9-16)22(23(31)26(2,3)4)30(19)18-10-7-15(28)12-17(13)18/h5-12,19-22H,1-4H3/t19-,20+,21+,22-/m1/s1. The first-order valence-electron chi connectivity index (χ1n) is 10.9. The molecule has 5 nitrogen and oxygen atoms in total. The first-order chi connectivity index (χ1) is 15.5. The van der Waals surface area contributed by atoms with Gasteiger partial charge in [-0.3, -0.25) is 14.4 Å². The highest BCUT2D eigenvalue weighted by Gasteiger charge is 2.65. The van der Waals surface area contributed by atoms with Crippen molar-refractivity contribution in [3.8, 4) is 0 Å². The summed E-state index contributed by atoms with van der Waals surface area (Å²) >= 11 is 12.3. The maximum Gasteiger partial charge on any atom is 0.240 e. The zero-order valence-electron chi connectivity index (χ0n) is 18.8. The van der Waals surface area contributed by atoms with Gasteiger partial charge in [0.1, 0.15) is 6.04 Å². The van der Waals surface area contributed by atoms with Crippen molar-refractivity contribution in [2.45, 2.75) is 39.8 Å². The molecule has 2 amide bonds. The molecule has 3 heterocycles. The van der Waals surface area contributed by atoms with Crippen LogP contribution in [0.5, 0.6) is 0 Å². The van der Waals surface area contributed by atoms with Crippen LogP contribution in [-0.2, 0) is 14.4 Å². The molecule has 33 heavy (non-hydrogen) atoms. The highest BCUT2D eigenvalue weighted by molar-refractivity contribution is 6.31. The Morgan fingerprint density at radius 3 is 2.15 bits per heavy atom. The molecule has 2 aromatic carbocycles. The quantitative estimate of drug-likeness (QED) is 0.538. The Hall–Kier alpha value is -2.63. The summed E-state index contributed by atoms with van der Waals surface area (Å²) in [6, 6.07) is 11.0. The largest absolute Gasteiger partial charge is 0.353 e. The van der Waals surface area contributed by atoms with Crippen LogP contribution in [0.15, 0.2) is 48.5 Å². The lowest BCUT2D eigenvalue weighted by atomic mass is 9.79. The molecule has 4 atom stereocenters. The van der Waals surface area contributed by atoms with Crippen LogP contribution in [0.3, 0.4) is 0 Å². The molecule has 3 aliphatic rings. The molecular formula is C26H24Cl2N2O3. The summed E-state index contributed by atoms with van der Waals surface area (Å²) in [5, 5.41) is 1.12. The molecule has 0 aliphatic carbocycles. The third kappa shape index (κ3) is 3.24. The summed E-state index contributed by atoms with van der Waals surface area (Å²) in [7, 11) is 0. The van der Waals surface area contributed by atoms with Gasteiger partial charge < -0.3 is 4.90 Å². The van der Waals surface area contributed by atoms with Crippen LogP contribution in [0.25, 0.3) is 5.57 Å². The number of allylic oxidation sites excluding steroid dienone is 1. The van der Waals surface area contributed by atoms with Crippen molar-refractivity contribution in [1.29, 1.82) is 0 Å². The summed E-state index contributed by atoms with van der Waals surface area (Å²) in [6.45, 7) is 7.52. The zero-order valence-corrected chi connectivity index (χ0v) is 20.3. The van der Waals surface area contributed by atoms with Crippen LogP contribution in [-0.4, -0.2) is 29.7 Å². The van der Waals surface area contributed by atoms with Crippen LogP contribution in [0.2, 0.25) is 10.0 Å². The third-order valence-electron chi connectivity index (χ3n) is 6.90. The third-order valence-corrected chi connectivity index (χ3v) is 7.39. The van der Waals surface area contributed by atoms with Gasteiger partial charge in [-0.1, -0.05) is 50.0 Å². The predicted molar refractivity (Wildman–Crippen MR) is 131 cm³/mol. The van der Waals surface area contributed by atoms with Crippen molar-refractivity contribution in [2.75, 3.05) is 9.80 Å². The number of ketones is 1. The van der Waals surface area contributed by atoms with Crippen molar-refractivity contribution in [3.63, 3.8) is 0 Å². The van der Waals surface area contributed by atoms with E-state index in [0.29, 0.717) is 15.7 Å². The number of hydrogen-bond acceptors (Lipinski definition) is 4. The minimum atomic E-state index is -0.768. The minimum Gasteiger partial charge on any atom is -0.353 e. The second-order valence-electron chi connectivity index (χ2n) is 10.0. The molecule has 0 spiro atoms. The van der Waals surface area contributed by atoms with Gasteiger partial charge in [0, 0.05) is 26.7 Å². The SMILES string of the molecule is CC1=C[C@@H]2[C@@H]3C(=O)N(c4ccc(Cl)cc4)C(=O)[C@@H]3[C@H](C(=O)C(C)(C)C)N2c2ccc(Cl)cc21. The fraction of sp³-hybridized carbons (Fsp3) is 0.346. The van der Waals surface area contributed by atoms with E-state index in [-0.39, 0.29) is 17.6 Å². The van der Waals surface area contributed by atoms with Gasteiger partial charge in [0.15, 0.2) is 5.78 Å². The molecule has 5 rings (SSSR count). The van der Waals surface area contributed by atoms with E-state index in [1.807, 2.05) is 50.8 Å². The van der Waals surface area contributed by atoms with E-state index in [1.165, 1.54) is 4.90 Å². The maximum atomic E-state index is 13.8. The Morgan fingerprint density at radius 1 is 0.909 bits per heavy atom. The van der Waals surface area contributed by atoms with E-state index in [4.69, 9.17) is 23.2 Å². The Balaban J connectivity index is 1.68. The molecular weight excluding hydrogens is 459 g/mol. The van der Waals surface area contributed by atoms with Gasteiger partial charge in [-0.25, -0.2) is 4.90 Å². The maximum absolute atomic E-state index is 13.8. The second-order valence-corrected chi connectivity index (χ2v) is 10.9. The zero-order chi connectivity index (χ0) is 23.8. The van der Waals surface area contributed by atoms with E-state index in [0.717, 1.165) is 16.8 Å². The fourth-order valence-electron chi connectivity index (χ4n) is 5.40. The number of Topliss-reactive ketones (excluding diaryl/α,β-unsaturated/α-hetero) is 1. The summed E-state index contributed by atoms with van der Waals surface area (Å²) < 4.78 is 0. The number of carbonyl (C=O) groups excluding carboxylic acids is 3. The van der Waals surface area contributed by atoms with E-state index in [9.17, 15) is 14.4 Å². The van der Waals surface area contributed by atoms with Gasteiger partial charge in [0.05, 0.1) is 23.6 Å². The Morgan fingerprint density at radius 2 is 1.52 bits per heavy atom. The Bertz CT molecular complexity index is 1230. The molecule has 7 heteroatoms. The highest BCUT2D eigenvalue weighted by Crippen LogP contribution is 2.52. The monoisotopic (exact) mass is 482 g/mol.